The van der Waals surface area contributed by atoms with Crippen molar-refractivity contribution in [1.82, 2.24) is 9.44 Å². The fourth-order valence-corrected chi connectivity index (χ4v) is 8.54. The van der Waals surface area contributed by atoms with Gasteiger partial charge in [0.25, 0.3) is 0 Å². The number of fused-ring (bicyclic) bond motifs is 2. The number of rotatable bonds is 10. The van der Waals surface area contributed by atoms with E-state index in [-0.39, 0.29) is 55.8 Å². The number of hydrogen-bond acceptors (Lipinski definition) is 7. The summed E-state index contributed by atoms with van der Waals surface area (Å²) in [5.74, 6) is -1.09. The number of sulfonamides is 2. The Bertz CT molecular complexity index is 1490. The van der Waals surface area contributed by atoms with Gasteiger partial charge in [-0.15, -0.1) is 0 Å². The summed E-state index contributed by atoms with van der Waals surface area (Å²) in [6.45, 7) is 7.45. The zero-order chi connectivity index (χ0) is 30.5. The second-order valence-electron chi connectivity index (χ2n) is 11.4. The van der Waals surface area contributed by atoms with Crippen LogP contribution in [-0.4, -0.2) is 52.5 Å². The molecule has 0 spiro atoms. The number of benzene rings is 2. The van der Waals surface area contributed by atoms with Crippen molar-refractivity contribution in [2.24, 2.45) is 11.8 Å². The van der Waals surface area contributed by atoms with Crippen molar-refractivity contribution in [1.29, 1.82) is 0 Å². The third-order valence-electron chi connectivity index (χ3n) is 6.86. The van der Waals surface area contributed by atoms with Gasteiger partial charge in [0.2, 0.25) is 20.0 Å². The fraction of sp³-hybridized carbons (Fsp3) is 0.548. The molecular weight excluding hydrogens is 592 g/mol. The highest BCUT2D eigenvalue weighted by molar-refractivity contribution is 7.89. The van der Waals surface area contributed by atoms with Crippen LogP contribution in [-0.2, 0) is 37.6 Å². The normalized spacial score (nSPS) is 17.2. The molecule has 0 heterocycles. The standard InChI is InChI=1S/C15H21NO4S.C14H19NO4S.2CH4/c1-10(2)9-21(18,19)16-14-7-6-11-4-5-12(8-13(11)14)15(17)20-3;1-9(2)8-20(18,19)15-13-6-5-10-3-4-11(14(16)17)7-12(10)13;;/h4-5,8,10,14,16H,6-7,9H2,1-3H3;3-4,7,9,13,15H,5-6,8H2,1-2H3,(H,16,17);2*1H4/t14-;13-;;/m11../s1. The number of carbonyl (C=O) groups is 2. The molecule has 4 rings (SSSR count). The first-order valence-electron chi connectivity index (χ1n) is 13.7. The van der Waals surface area contributed by atoms with Gasteiger partial charge in [-0.05, 0) is 84.0 Å². The number of hydrogen-bond donors (Lipinski definition) is 3. The quantitative estimate of drug-likeness (QED) is 0.297. The van der Waals surface area contributed by atoms with Crippen LogP contribution >= 0.6 is 0 Å². The minimum Gasteiger partial charge on any atom is -0.478 e. The van der Waals surface area contributed by atoms with Gasteiger partial charge >= 0.3 is 11.9 Å². The third-order valence-corrected chi connectivity index (χ3v) is 10.4. The Balaban J connectivity index is 0.000000411. The Morgan fingerprint density at radius 1 is 0.791 bits per heavy atom. The molecule has 0 saturated heterocycles. The number of nitrogens with one attached hydrogen (secondary N) is 2. The van der Waals surface area contributed by atoms with Crippen LogP contribution in [0.4, 0.5) is 0 Å². The molecule has 0 aliphatic heterocycles. The molecule has 0 bridgehead atoms. The van der Waals surface area contributed by atoms with E-state index in [0.29, 0.717) is 12.0 Å². The van der Waals surface area contributed by atoms with Crippen LogP contribution in [0.2, 0.25) is 0 Å². The summed E-state index contributed by atoms with van der Waals surface area (Å²) in [6, 6.07) is 9.67. The Kier molecular flexibility index (Phi) is 14.0. The van der Waals surface area contributed by atoms with Crippen molar-refractivity contribution in [3.8, 4) is 0 Å². The molecule has 2 aliphatic carbocycles. The van der Waals surface area contributed by atoms with E-state index in [4.69, 9.17) is 9.84 Å². The zero-order valence-electron chi connectivity index (χ0n) is 24.1. The lowest BCUT2D eigenvalue weighted by molar-refractivity contribution is 0.0599. The van der Waals surface area contributed by atoms with Gasteiger partial charge in [0.15, 0.2) is 0 Å². The lowest BCUT2D eigenvalue weighted by atomic mass is 10.0. The van der Waals surface area contributed by atoms with Crippen LogP contribution in [0.1, 0.15) is 110 Å². The van der Waals surface area contributed by atoms with E-state index < -0.39 is 32.0 Å². The predicted octanol–water partition coefficient (Wildman–Crippen LogP) is 5.26. The summed E-state index contributed by atoms with van der Waals surface area (Å²) in [5, 5.41) is 9.02. The zero-order valence-corrected chi connectivity index (χ0v) is 25.8. The van der Waals surface area contributed by atoms with Gasteiger partial charge in [-0.1, -0.05) is 54.7 Å². The largest absolute Gasteiger partial charge is 0.478 e. The number of aromatic carboxylic acids is 1. The number of carboxylic acids is 1. The maximum absolute atomic E-state index is 12.1. The molecule has 0 fully saturated rings. The molecule has 2 aromatic rings. The fourth-order valence-electron chi connectivity index (χ4n) is 5.23. The van der Waals surface area contributed by atoms with Gasteiger partial charge in [-0.2, -0.15) is 0 Å². The second-order valence-corrected chi connectivity index (χ2v) is 15.0. The van der Waals surface area contributed by atoms with E-state index in [9.17, 15) is 26.4 Å². The number of esters is 1. The third kappa shape index (κ3) is 10.7. The molecule has 0 saturated carbocycles. The van der Waals surface area contributed by atoms with Gasteiger partial charge in [-0.25, -0.2) is 35.9 Å². The van der Waals surface area contributed by atoms with E-state index in [1.54, 1.807) is 30.3 Å². The van der Waals surface area contributed by atoms with Crippen LogP contribution in [0.15, 0.2) is 36.4 Å². The Morgan fingerprint density at radius 2 is 1.19 bits per heavy atom. The van der Waals surface area contributed by atoms with Crippen LogP contribution < -0.4 is 9.44 Å². The predicted molar refractivity (Wildman–Crippen MR) is 170 cm³/mol. The van der Waals surface area contributed by atoms with Crippen molar-refractivity contribution < 1.29 is 36.3 Å². The van der Waals surface area contributed by atoms with Crippen LogP contribution in [0.3, 0.4) is 0 Å². The van der Waals surface area contributed by atoms with E-state index in [1.165, 1.54) is 7.11 Å². The maximum Gasteiger partial charge on any atom is 0.337 e. The Labute approximate surface area is 257 Å². The van der Waals surface area contributed by atoms with Gasteiger partial charge in [-0.3, -0.25) is 0 Å². The van der Waals surface area contributed by atoms with Gasteiger partial charge in [0.05, 0.1) is 29.7 Å². The molecule has 43 heavy (non-hydrogen) atoms. The summed E-state index contributed by atoms with van der Waals surface area (Å²) >= 11 is 0. The first-order chi connectivity index (χ1) is 19.1. The molecule has 12 heteroatoms. The molecular formula is C31H48N2O8S2. The minimum absolute atomic E-state index is 0. The van der Waals surface area contributed by atoms with Crippen LogP contribution in [0.25, 0.3) is 0 Å². The molecule has 10 nitrogen and oxygen atoms in total. The lowest BCUT2D eigenvalue weighted by Gasteiger charge is -2.16. The summed E-state index contributed by atoms with van der Waals surface area (Å²) < 4.78 is 58.3. The van der Waals surface area contributed by atoms with Crippen LogP contribution in [0.5, 0.6) is 0 Å². The van der Waals surface area contributed by atoms with Gasteiger partial charge < -0.3 is 9.84 Å². The first-order valence-corrected chi connectivity index (χ1v) is 17.0. The van der Waals surface area contributed by atoms with Crippen molar-refractivity contribution in [3.05, 3.63) is 69.8 Å². The van der Waals surface area contributed by atoms with Gasteiger partial charge in [0, 0.05) is 12.1 Å². The lowest BCUT2D eigenvalue weighted by Crippen LogP contribution is -2.31. The molecule has 3 N–H and O–H groups in total. The molecule has 2 atom stereocenters. The SMILES string of the molecule is C.C.CC(C)CS(=O)(=O)N[C@@H]1CCc2ccc(C(=O)O)cc21.COC(=O)c1ccc2c(c1)[C@H](NS(=O)(=O)CC(C)C)CC2. The first kappa shape index (κ1) is 38.2. The average molecular weight is 641 g/mol. The van der Waals surface area contributed by atoms with Gasteiger partial charge in [0.1, 0.15) is 0 Å². The summed E-state index contributed by atoms with van der Waals surface area (Å²) in [4.78, 5) is 22.6. The van der Waals surface area contributed by atoms with Crippen molar-refractivity contribution in [2.75, 3.05) is 18.6 Å². The average Bonchev–Trinajstić information content (AvgIpc) is 3.44. The van der Waals surface area contributed by atoms with Crippen molar-refractivity contribution in [3.63, 3.8) is 0 Å². The highest BCUT2D eigenvalue weighted by atomic mass is 32.2. The number of carboxylic acid groups (broad SMARTS) is 1. The monoisotopic (exact) mass is 640 g/mol. The molecule has 242 valence electrons. The van der Waals surface area contributed by atoms with Crippen molar-refractivity contribution >= 4 is 32.0 Å². The topological polar surface area (TPSA) is 156 Å². The van der Waals surface area contributed by atoms with Crippen LogP contribution in [0, 0.1) is 11.8 Å². The molecule has 0 radical (unpaired) electrons. The summed E-state index contributed by atoms with van der Waals surface area (Å²) in [6.07, 6.45) is 2.97. The molecule has 2 aromatic carbocycles. The highest BCUT2D eigenvalue weighted by Gasteiger charge is 2.29. The second kappa shape index (κ2) is 15.8. The summed E-state index contributed by atoms with van der Waals surface area (Å²) in [5.41, 5.74) is 4.42. The number of ether oxygens (including phenoxy) is 1. The Morgan fingerprint density at radius 3 is 1.56 bits per heavy atom. The molecule has 0 unspecified atom stereocenters. The smallest absolute Gasteiger partial charge is 0.337 e. The maximum atomic E-state index is 12.1. The number of methoxy groups -OCH3 is 1. The summed E-state index contributed by atoms with van der Waals surface area (Å²) in [7, 11) is -5.32. The molecule has 0 aromatic heterocycles. The molecule has 0 amide bonds. The highest BCUT2D eigenvalue weighted by Crippen LogP contribution is 2.33. The minimum atomic E-state index is -3.34. The van der Waals surface area contributed by atoms with E-state index in [2.05, 4.69) is 9.44 Å². The molecule has 2 aliphatic rings. The Hall–Kier alpha value is -2.80. The number of carbonyl (C=O) groups excluding carboxylic acids is 1. The van der Waals surface area contributed by atoms with E-state index in [1.807, 2.05) is 33.8 Å². The van der Waals surface area contributed by atoms with E-state index in [0.717, 1.165) is 41.5 Å². The van der Waals surface area contributed by atoms with Crippen molar-refractivity contribution in [2.45, 2.75) is 80.3 Å². The number of aryl methyl sites for hydroxylation is 2. The van der Waals surface area contributed by atoms with E-state index >= 15 is 0 Å².